The fraction of sp³-hybridized carbons (Fsp3) is 0. The number of phenolic OH excluding ortho intramolecular Hbond substituents is 1. The normalized spacial score (nSPS) is 11.0. The van der Waals surface area contributed by atoms with Crippen molar-refractivity contribution in [2.24, 2.45) is 5.10 Å². The molecule has 0 amide bonds. The van der Waals surface area contributed by atoms with E-state index in [-0.39, 0.29) is 5.75 Å². The Morgan fingerprint density at radius 2 is 1.81 bits per heavy atom. The van der Waals surface area contributed by atoms with Gasteiger partial charge in [0.15, 0.2) is 0 Å². The molecule has 16 heavy (non-hydrogen) atoms. The number of H-pyrrole nitrogens is 2. The lowest BCUT2D eigenvalue weighted by Gasteiger charge is -1.95. The Bertz CT molecular complexity index is 607. The molecule has 0 aliphatic carbocycles. The maximum Gasteiger partial charge on any atom is 0.365 e. The number of hydrogen-bond acceptors (Lipinski definition) is 4. The Kier molecular flexibility index (Phi) is 2.42. The van der Waals surface area contributed by atoms with E-state index in [4.69, 9.17) is 0 Å². The summed E-state index contributed by atoms with van der Waals surface area (Å²) in [4.78, 5) is 22.1. The Hall–Kier alpha value is -2.57. The number of aromatic nitrogens is 3. The van der Waals surface area contributed by atoms with E-state index in [1.807, 2.05) is 0 Å². The van der Waals surface area contributed by atoms with Gasteiger partial charge in [0, 0.05) is 5.56 Å². The summed E-state index contributed by atoms with van der Waals surface area (Å²) in [7, 11) is 0. The number of benzene rings is 1. The van der Waals surface area contributed by atoms with Gasteiger partial charge in [0.05, 0.1) is 6.21 Å². The van der Waals surface area contributed by atoms with E-state index >= 15 is 0 Å². The predicted molar refractivity (Wildman–Crippen MR) is 56.8 cm³/mol. The molecule has 3 N–H and O–H groups in total. The lowest BCUT2D eigenvalue weighted by molar-refractivity contribution is 0.474. The molecule has 82 valence electrons. The summed E-state index contributed by atoms with van der Waals surface area (Å²) in [6.07, 6.45) is 1.22. The highest BCUT2D eigenvalue weighted by molar-refractivity contribution is 5.83. The highest BCUT2D eigenvalue weighted by atomic mass is 16.3. The zero-order valence-corrected chi connectivity index (χ0v) is 8.04. The lowest BCUT2D eigenvalue weighted by Crippen LogP contribution is -2.22. The van der Waals surface area contributed by atoms with Crippen LogP contribution in [-0.4, -0.2) is 26.2 Å². The quantitative estimate of drug-likeness (QED) is 0.591. The number of phenols is 1. The summed E-state index contributed by atoms with van der Waals surface area (Å²) < 4.78 is 0.617. The first-order valence-electron chi connectivity index (χ1n) is 4.40. The molecule has 2 aromatic rings. The fourth-order valence-corrected chi connectivity index (χ4v) is 1.13. The van der Waals surface area contributed by atoms with Gasteiger partial charge in [0.25, 0.3) is 0 Å². The molecule has 0 saturated carbocycles. The summed E-state index contributed by atoms with van der Waals surface area (Å²) in [5.41, 5.74) is -0.927. The molecular formula is C9H8N4O3. The van der Waals surface area contributed by atoms with Gasteiger partial charge in [0.2, 0.25) is 0 Å². The second kappa shape index (κ2) is 3.89. The Balaban J connectivity index is 2.40. The van der Waals surface area contributed by atoms with Crippen molar-refractivity contribution < 1.29 is 5.11 Å². The molecule has 1 aromatic carbocycles. The number of rotatable bonds is 2. The zero-order valence-electron chi connectivity index (χ0n) is 8.04. The summed E-state index contributed by atoms with van der Waals surface area (Å²) in [5, 5.41) is 17.2. The number of nitrogens with one attached hydrogen (secondary N) is 2. The molecule has 0 aliphatic heterocycles. The van der Waals surface area contributed by atoms with E-state index in [1.54, 1.807) is 18.2 Å². The zero-order chi connectivity index (χ0) is 11.5. The minimum atomic E-state index is -0.670. The second-order valence-corrected chi connectivity index (χ2v) is 2.98. The van der Waals surface area contributed by atoms with Crippen LogP contribution in [0.15, 0.2) is 39.0 Å². The molecule has 2 rings (SSSR count). The van der Waals surface area contributed by atoms with Crippen molar-refractivity contribution >= 4 is 6.21 Å². The SMILES string of the molecule is O=c1[nH][nH]c(=O)n1N=Cc1ccccc1O. The van der Waals surface area contributed by atoms with Gasteiger partial charge in [-0.3, -0.25) is 0 Å². The maximum absolute atomic E-state index is 11.0. The number of aromatic amines is 2. The third-order valence-corrected chi connectivity index (χ3v) is 1.91. The van der Waals surface area contributed by atoms with Crippen molar-refractivity contribution in [3.05, 3.63) is 50.8 Å². The van der Waals surface area contributed by atoms with Crippen molar-refractivity contribution in [1.29, 1.82) is 0 Å². The minimum Gasteiger partial charge on any atom is -0.507 e. The van der Waals surface area contributed by atoms with Crippen LogP contribution >= 0.6 is 0 Å². The lowest BCUT2D eigenvalue weighted by atomic mass is 10.2. The highest BCUT2D eigenvalue weighted by Gasteiger charge is 2.00. The molecule has 0 unspecified atom stereocenters. The van der Waals surface area contributed by atoms with Crippen LogP contribution in [-0.2, 0) is 0 Å². The van der Waals surface area contributed by atoms with Gasteiger partial charge < -0.3 is 5.11 Å². The average molecular weight is 220 g/mol. The number of aromatic hydroxyl groups is 1. The van der Waals surface area contributed by atoms with Crippen LogP contribution < -0.4 is 11.4 Å². The maximum atomic E-state index is 11.0. The fourth-order valence-electron chi connectivity index (χ4n) is 1.13. The topological polar surface area (TPSA) is 103 Å². The molecule has 0 fully saturated rings. The molecular weight excluding hydrogens is 212 g/mol. The van der Waals surface area contributed by atoms with Crippen LogP contribution in [0.25, 0.3) is 0 Å². The van der Waals surface area contributed by atoms with Crippen LogP contribution in [0.5, 0.6) is 5.75 Å². The average Bonchev–Trinajstić information content (AvgIpc) is 2.58. The molecule has 7 nitrogen and oxygen atoms in total. The van der Waals surface area contributed by atoms with Crippen LogP contribution in [0.2, 0.25) is 0 Å². The molecule has 0 atom stereocenters. The minimum absolute atomic E-state index is 0.0197. The van der Waals surface area contributed by atoms with Crippen LogP contribution in [0.4, 0.5) is 0 Å². The van der Waals surface area contributed by atoms with E-state index in [1.165, 1.54) is 12.3 Å². The third-order valence-electron chi connectivity index (χ3n) is 1.91. The molecule has 1 heterocycles. The van der Waals surface area contributed by atoms with E-state index in [0.29, 0.717) is 10.2 Å². The summed E-state index contributed by atoms with van der Waals surface area (Å²) in [6.45, 7) is 0. The second-order valence-electron chi connectivity index (χ2n) is 2.98. The van der Waals surface area contributed by atoms with Gasteiger partial charge in [-0.15, -0.1) is 4.68 Å². The largest absolute Gasteiger partial charge is 0.507 e. The van der Waals surface area contributed by atoms with Crippen molar-refractivity contribution in [3.63, 3.8) is 0 Å². The van der Waals surface area contributed by atoms with Gasteiger partial charge in [-0.05, 0) is 12.1 Å². The smallest absolute Gasteiger partial charge is 0.365 e. The number of hydrogen-bond donors (Lipinski definition) is 3. The Morgan fingerprint density at radius 1 is 1.19 bits per heavy atom. The van der Waals surface area contributed by atoms with Crippen molar-refractivity contribution in [2.75, 3.05) is 0 Å². The highest BCUT2D eigenvalue weighted by Crippen LogP contribution is 2.12. The molecule has 0 saturated heterocycles. The first kappa shape index (κ1) is 9.97. The van der Waals surface area contributed by atoms with E-state index in [0.717, 1.165) is 0 Å². The molecule has 0 bridgehead atoms. The predicted octanol–water partition coefficient (Wildman–Crippen LogP) is -0.548. The van der Waals surface area contributed by atoms with Gasteiger partial charge in [-0.2, -0.15) is 5.10 Å². The molecule has 7 heteroatoms. The molecule has 0 aliphatic rings. The van der Waals surface area contributed by atoms with Crippen molar-refractivity contribution in [3.8, 4) is 5.75 Å². The molecule has 1 aromatic heterocycles. The monoisotopic (exact) mass is 220 g/mol. The van der Waals surface area contributed by atoms with Gasteiger partial charge in [-0.25, -0.2) is 19.8 Å². The summed E-state index contributed by atoms with van der Waals surface area (Å²) in [5.74, 6) is 0.0197. The first-order valence-corrected chi connectivity index (χ1v) is 4.40. The van der Waals surface area contributed by atoms with E-state index in [9.17, 15) is 14.7 Å². The number of nitrogens with zero attached hydrogens (tertiary/aromatic N) is 2. The van der Waals surface area contributed by atoms with E-state index < -0.39 is 11.4 Å². The third kappa shape index (κ3) is 1.78. The van der Waals surface area contributed by atoms with E-state index in [2.05, 4.69) is 15.3 Å². The Morgan fingerprint density at radius 3 is 2.44 bits per heavy atom. The standard InChI is InChI=1S/C9H8N4O3/c14-7-4-2-1-3-6(7)5-10-13-8(15)11-12-9(13)16/h1-5,14H,(H,11,15)(H,12,16). The van der Waals surface area contributed by atoms with Crippen LogP contribution in [0.1, 0.15) is 5.56 Å². The summed E-state index contributed by atoms with van der Waals surface area (Å²) in [6, 6.07) is 6.43. The van der Waals surface area contributed by atoms with Gasteiger partial charge in [-0.1, -0.05) is 12.1 Å². The summed E-state index contributed by atoms with van der Waals surface area (Å²) >= 11 is 0. The van der Waals surface area contributed by atoms with Crippen molar-refractivity contribution in [2.45, 2.75) is 0 Å². The molecule has 0 radical (unpaired) electrons. The molecule has 0 spiro atoms. The van der Waals surface area contributed by atoms with Crippen LogP contribution in [0.3, 0.4) is 0 Å². The van der Waals surface area contributed by atoms with Gasteiger partial charge >= 0.3 is 11.4 Å². The van der Waals surface area contributed by atoms with Crippen molar-refractivity contribution in [1.82, 2.24) is 14.9 Å². The van der Waals surface area contributed by atoms with Crippen LogP contribution in [0, 0.1) is 0 Å². The first-order chi connectivity index (χ1) is 7.68. The van der Waals surface area contributed by atoms with Gasteiger partial charge in [0.1, 0.15) is 5.75 Å². The Labute approximate surface area is 88.7 Å². The number of para-hydroxylation sites is 1.